The molecule has 0 bridgehead atoms. The maximum Gasteiger partial charge on any atom is 0.341 e. The van der Waals surface area contributed by atoms with Gasteiger partial charge >= 0.3 is 5.97 Å². The summed E-state index contributed by atoms with van der Waals surface area (Å²) in [6.07, 6.45) is 0.720. The molecule has 8 heteroatoms. The highest BCUT2D eigenvalue weighted by Crippen LogP contribution is 2.39. The average Bonchev–Trinajstić information content (AvgIpc) is 3.15. The topological polar surface area (TPSA) is 81.7 Å². The van der Waals surface area contributed by atoms with Gasteiger partial charge in [-0.05, 0) is 30.3 Å². The van der Waals surface area contributed by atoms with Crippen molar-refractivity contribution in [1.82, 2.24) is 0 Å². The Hall–Kier alpha value is -3.16. The van der Waals surface area contributed by atoms with Crippen molar-refractivity contribution in [2.24, 2.45) is 0 Å². The molecule has 0 aliphatic carbocycles. The summed E-state index contributed by atoms with van der Waals surface area (Å²) >= 11 is 7.45. The first-order valence-electron chi connectivity index (χ1n) is 8.46. The third-order valence-corrected chi connectivity index (χ3v) is 5.21. The van der Waals surface area contributed by atoms with E-state index in [1.807, 2.05) is 6.07 Å². The molecular formula is C21H16ClNO5S. The second-order valence-corrected chi connectivity index (χ2v) is 7.14. The number of anilines is 1. The van der Waals surface area contributed by atoms with Crippen LogP contribution in [-0.4, -0.2) is 31.9 Å². The van der Waals surface area contributed by atoms with Crippen molar-refractivity contribution in [1.29, 1.82) is 0 Å². The second kappa shape index (κ2) is 9.36. The van der Waals surface area contributed by atoms with Gasteiger partial charge in [0.25, 0.3) is 5.91 Å². The summed E-state index contributed by atoms with van der Waals surface area (Å²) in [5, 5.41) is 5.25. The summed E-state index contributed by atoms with van der Waals surface area (Å²) in [6, 6.07) is 13.5. The number of benzene rings is 2. The zero-order valence-electron chi connectivity index (χ0n) is 15.3. The van der Waals surface area contributed by atoms with Gasteiger partial charge in [0.2, 0.25) is 0 Å². The van der Waals surface area contributed by atoms with Gasteiger partial charge in [-0.1, -0.05) is 29.8 Å². The highest BCUT2D eigenvalue weighted by molar-refractivity contribution is 7.15. The van der Waals surface area contributed by atoms with E-state index in [1.54, 1.807) is 47.8 Å². The van der Waals surface area contributed by atoms with Crippen molar-refractivity contribution in [3.63, 3.8) is 0 Å². The standard InChI is InChI=1S/C21H16ClNO5S/c1-27-21(26)19-16(15-4-2-3-5-17(15)22)12-29-20(19)23-18(25)11-28-14-8-6-13(10-24)7-9-14/h2-10,12H,11H2,1H3,(H,23,25). The Kier molecular flexibility index (Phi) is 6.64. The van der Waals surface area contributed by atoms with Gasteiger partial charge in [-0.15, -0.1) is 11.3 Å². The van der Waals surface area contributed by atoms with Crippen molar-refractivity contribution in [3.8, 4) is 16.9 Å². The number of carbonyl (C=O) groups excluding carboxylic acids is 3. The van der Waals surface area contributed by atoms with Gasteiger partial charge in [0.15, 0.2) is 6.61 Å². The molecule has 1 aromatic heterocycles. The number of amides is 1. The normalized spacial score (nSPS) is 10.3. The van der Waals surface area contributed by atoms with Crippen LogP contribution in [-0.2, 0) is 9.53 Å². The predicted molar refractivity (Wildman–Crippen MR) is 112 cm³/mol. The first-order chi connectivity index (χ1) is 14.0. The number of hydrogen-bond donors (Lipinski definition) is 1. The van der Waals surface area contributed by atoms with E-state index in [-0.39, 0.29) is 12.2 Å². The fourth-order valence-electron chi connectivity index (χ4n) is 2.59. The van der Waals surface area contributed by atoms with Crippen molar-refractivity contribution >= 4 is 46.1 Å². The van der Waals surface area contributed by atoms with Crippen LogP contribution in [0.15, 0.2) is 53.9 Å². The molecule has 148 valence electrons. The molecule has 0 fully saturated rings. The molecule has 1 amide bonds. The summed E-state index contributed by atoms with van der Waals surface area (Å²) in [7, 11) is 1.27. The summed E-state index contributed by atoms with van der Waals surface area (Å²) in [5.74, 6) is -0.578. The van der Waals surface area contributed by atoms with Gasteiger partial charge in [0.05, 0.1) is 7.11 Å². The molecular weight excluding hydrogens is 414 g/mol. The average molecular weight is 430 g/mol. The van der Waals surface area contributed by atoms with Crippen LogP contribution in [0.2, 0.25) is 5.02 Å². The molecule has 3 rings (SSSR count). The number of nitrogens with one attached hydrogen (secondary N) is 1. The lowest BCUT2D eigenvalue weighted by Gasteiger charge is -2.09. The van der Waals surface area contributed by atoms with Crippen LogP contribution in [0.1, 0.15) is 20.7 Å². The van der Waals surface area contributed by atoms with Crippen molar-refractivity contribution in [3.05, 3.63) is 70.1 Å². The molecule has 29 heavy (non-hydrogen) atoms. The largest absolute Gasteiger partial charge is 0.484 e. The van der Waals surface area contributed by atoms with E-state index in [0.29, 0.717) is 32.5 Å². The number of carbonyl (C=O) groups is 3. The molecule has 0 spiro atoms. The first-order valence-corrected chi connectivity index (χ1v) is 9.72. The molecule has 0 atom stereocenters. The van der Waals surface area contributed by atoms with Crippen molar-refractivity contribution in [2.45, 2.75) is 0 Å². The number of aldehydes is 1. The van der Waals surface area contributed by atoms with E-state index in [1.165, 1.54) is 18.4 Å². The van der Waals surface area contributed by atoms with Crippen LogP contribution >= 0.6 is 22.9 Å². The summed E-state index contributed by atoms with van der Waals surface area (Å²) in [4.78, 5) is 35.3. The molecule has 3 aromatic rings. The monoisotopic (exact) mass is 429 g/mol. The molecule has 1 heterocycles. The Labute approximate surface area is 176 Å². The van der Waals surface area contributed by atoms with Crippen LogP contribution in [0.3, 0.4) is 0 Å². The lowest BCUT2D eigenvalue weighted by molar-refractivity contribution is -0.118. The van der Waals surface area contributed by atoms with E-state index < -0.39 is 11.9 Å². The number of methoxy groups -OCH3 is 1. The fourth-order valence-corrected chi connectivity index (χ4v) is 3.79. The van der Waals surface area contributed by atoms with E-state index in [4.69, 9.17) is 21.1 Å². The molecule has 0 unspecified atom stereocenters. The van der Waals surface area contributed by atoms with E-state index in [0.717, 1.165) is 6.29 Å². The number of thiophene rings is 1. The molecule has 6 nitrogen and oxygen atoms in total. The van der Waals surface area contributed by atoms with Gasteiger partial charge in [0.1, 0.15) is 22.6 Å². The molecule has 2 aromatic carbocycles. The van der Waals surface area contributed by atoms with Gasteiger partial charge in [-0.2, -0.15) is 0 Å². The smallest absolute Gasteiger partial charge is 0.341 e. The lowest BCUT2D eigenvalue weighted by Crippen LogP contribution is -2.21. The third-order valence-electron chi connectivity index (χ3n) is 3.98. The van der Waals surface area contributed by atoms with E-state index in [2.05, 4.69) is 5.32 Å². The van der Waals surface area contributed by atoms with Crippen LogP contribution in [0.5, 0.6) is 5.75 Å². The minimum Gasteiger partial charge on any atom is -0.484 e. The first kappa shape index (κ1) is 20.6. The van der Waals surface area contributed by atoms with Gasteiger partial charge in [-0.3, -0.25) is 9.59 Å². The number of ether oxygens (including phenoxy) is 2. The SMILES string of the molecule is COC(=O)c1c(-c2ccccc2Cl)csc1NC(=O)COc1ccc(C=O)cc1. The maximum absolute atomic E-state index is 12.4. The summed E-state index contributed by atoms with van der Waals surface area (Å²) in [5.41, 5.74) is 1.98. The molecule has 0 saturated heterocycles. The quantitative estimate of drug-likeness (QED) is 0.435. The van der Waals surface area contributed by atoms with E-state index in [9.17, 15) is 14.4 Å². The third kappa shape index (κ3) is 4.82. The Bertz CT molecular complexity index is 1050. The van der Waals surface area contributed by atoms with Crippen LogP contribution in [0, 0.1) is 0 Å². The lowest BCUT2D eigenvalue weighted by atomic mass is 10.0. The number of hydrogen-bond acceptors (Lipinski definition) is 6. The van der Waals surface area contributed by atoms with Crippen LogP contribution in [0.4, 0.5) is 5.00 Å². The number of rotatable bonds is 7. The predicted octanol–water partition coefficient (Wildman–Crippen LogP) is 4.69. The highest BCUT2D eigenvalue weighted by atomic mass is 35.5. The summed E-state index contributed by atoms with van der Waals surface area (Å²) < 4.78 is 10.3. The molecule has 0 saturated carbocycles. The molecule has 0 radical (unpaired) electrons. The van der Waals surface area contributed by atoms with Crippen molar-refractivity contribution < 1.29 is 23.9 Å². The van der Waals surface area contributed by atoms with Crippen LogP contribution < -0.4 is 10.1 Å². The molecule has 0 aliphatic rings. The van der Waals surface area contributed by atoms with Crippen LogP contribution in [0.25, 0.3) is 11.1 Å². The maximum atomic E-state index is 12.4. The number of esters is 1. The Morgan fingerprint density at radius 1 is 1.10 bits per heavy atom. The van der Waals surface area contributed by atoms with E-state index >= 15 is 0 Å². The zero-order chi connectivity index (χ0) is 20.8. The fraction of sp³-hybridized carbons (Fsp3) is 0.0952. The van der Waals surface area contributed by atoms with Gasteiger partial charge < -0.3 is 14.8 Å². The Morgan fingerprint density at radius 3 is 2.48 bits per heavy atom. The Morgan fingerprint density at radius 2 is 1.83 bits per heavy atom. The number of halogens is 1. The molecule has 1 N–H and O–H groups in total. The van der Waals surface area contributed by atoms with Gasteiger partial charge in [0, 0.05) is 27.1 Å². The van der Waals surface area contributed by atoms with Crippen molar-refractivity contribution in [2.75, 3.05) is 19.0 Å². The molecule has 0 aliphatic heterocycles. The minimum absolute atomic E-state index is 0.231. The van der Waals surface area contributed by atoms with Gasteiger partial charge in [-0.25, -0.2) is 4.79 Å². The minimum atomic E-state index is -0.582. The highest BCUT2D eigenvalue weighted by Gasteiger charge is 2.23. The Balaban J connectivity index is 1.77. The summed E-state index contributed by atoms with van der Waals surface area (Å²) in [6.45, 7) is -0.264. The zero-order valence-corrected chi connectivity index (χ0v) is 16.9. The second-order valence-electron chi connectivity index (χ2n) is 5.85.